The quantitative estimate of drug-likeness (QED) is 0.582. The Morgan fingerprint density at radius 3 is 2.94 bits per heavy atom. The summed E-state index contributed by atoms with van der Waals surface area (Å²) in [6.07, 6.45) is 2.72. The van der Waals surface area contributed by atoms with Crippen molar-refractivity contribution in [3.05, 3.63) is 35.7 Å². The molecule has 0 aliphatic heterocycles. The largest absolute Gasteiger partial charge is 0.477 e. The Bertz CT molecular complexity index is 531. The fourth-order valence-electron chi connectivity index (χ4n) is 1.27. The number of carbonyl (C=O) groups is 2. The van der Waals surface area contributed by atoms with Gasteiger partial charge in [0.05, 0.1) is 18.6 Å². The normalized spacial score (nSPS) is 10.1. The average molecular weight is 235 g/mol. The Morgan fingerprint density at radius 1 is 1.47 bits per heavy atom. The second-order valence-corrected chi connectivity index (χ2v) is 3.20. The van der Waals surface area contributed by atoms with Gasteiger partial charge >= 0.3 is 5.97 Å². The molecule has 0 unspecified atom stereocenters. The molecule has 2 aromatic heterocycles. The van der Waals surface area contributed by atoms with Crippen LogP contribution < -0.4 is 5.32 Å². The third-order valence-electron chi connectivity index (χ3n) is 2.07. The molecule has 0 aliphatic carbocycles. The fraction of sp³-hybridized carbons (Fsp3) is 0.111. The third-order valence-corrected chi connectivity index (χ3v) is 2.07. The van der Waals surface area contributed by atoms with Gasteiger partial charge in [0.1, 0.15) is 0 Å². The second-order valence-electron chi connectivity index (χ2n) is 3.20. The average Bonchev–Trinajstić information content (AvgIpc) is 2.96. The predicted octanol–water partition coefficient (Wildman–Crippen LogP) is -0.239. The van der Waals surface area contributed by atoms with Crippen LogP contribution in [0.5, 0.6) is 0 Å². The van der Waals surface area contributed by atoms with Gasteiger partial charge in [-0.3, -0.25) is 9.89 Å². The number of hydrogen-bond donors (Lipinski definition) is 4. The highest BCUT2D eigenvalue weighted by molar-refractivity contribution is 6.02. The summed E-state index contributed by atoms with van der Waals surface area (Å²) in [7, 11) is 0. The van der Waals surface area contributed by atoms with Crippen molar-refractivity contribution >= 4 is 11.9 Å². The maximum absolute atomic E-state index is 11.6. The summed E-state index contributed by atoms with van der Waals surface area (Å²) in [4.78, 5) is 28.4. The smallest absolute Gasteiger partial charge is 0.354 e. The monoisotopic (exact) mass is 235 g/mol. The SMILES string of the molecule is O=C(NCc1ccn[nH]1)c1nc[nH]c1C(=O)O. The second kappa shape index (κ2) is 4.47. The molecule has 88 valence electrons. The van der Waals surface area contributed by atoms with Crippen LogP contribution in [0.2, 0.25) is 0 Å². The molecule has 0 aliphatic rings. The van der Waals surface area contributed by atoms with Crippen LogP contribution in [-0.2, 0) is 6.54 Å². The standard InChI is InChI=1S/C9H9N5O3/c15-8(10-3-5-1-2-13-14-5)6-7(9(16)17)12-4-11-6/h1-2,4H,3H2,(H,10,15)(H,11,12)(H,13,14)(H,16,17). The number of aromatic carboxylic acids is 1. The molecule has 0 bridgehead atoms. The zero-order valence-corrected chi connectivity index (χ0v) is 8.60. The van der Waals surface area contributed by atoms with Gasteiger partial charge in [0, 0.05) is 6.20 Å². The van der Waals surface area contributed by atoms with E-state index < -0.39 is 11.9 Å². The zero-order chi connectivity index (χ0) is 12.3. The summed E-state index contributed by atoms with van der Waals surface area (Å²) in [5.41, 5.74) is 0.342. The molecule has 4 N–H and O–H groups in total. The number of imidazole rings is 1. The van der Waals surface area contributed by atoms with Crippen molar-refractivity contribution in [3.8, 4) is 0 Å². The number of amides is 1. The first-order valence-corrected chi connectivity index (χ1v) is 4.71. The van der Waals surface area contributed by atoms with Crippen molar-refractivity contribution in [2.75, 3.05) is 0 Å². The first-order valence-electron chi connectivity index (χ1n) is 4.71. The number of carbonyl (C=O) groups excluding carboxylic acids is 1. The molecule has 0 atom stereocenters. The first kappa shape index (κ1) is 10.9. The van der Waals surface area contributed by atoms with Crippen LogP contribution in [0.1, 0.15) is 26.7 Å². The number of carboxylic acid groups (broad SMARTS) is 1. The molecule has 8 heteroatoms. The van der Waals surface area contributed by atoms with Crippen LogP contribution >= 0.6 is 0 Å². The van der Waals surface area contributed by atoms with Gasteiger partial charge in [0.25, 0.3) is 5.91 Å². The lowest BCUT2D eigenvalue weighted by atomic mass is 10.3. The minimum atomic E-state index is -1.23. The highest BCUT2D eigenvalue weighted by atomic mass is 16.4. The molecule has 2 rings (SSSR count). The Kier molecular flexibility index (Phi) is 2.86. The van der Waals surface area contributed by atoms with E-state index in [-0.39, 0.29) is 17.9 Å². The van der Waals surface area contributed by atoms with E-state index in [9.17, 15) is 9.59 Å². The summed E-state index contributed by atoms with van der Waals surface area (Å²) in [6, 6.07) is 1.70. The highest BCUT2D eigenvalue weighted by Crippen LogP contribution is 2.03. The molecular weight excluding hydrogens is 226 g/mol. The maximum Gasteiger partial charge on any atom is 0.354 e. The van der Waals surface area contributed by atoms with Crippen LogP contribution in [-0.4, -0.2) is 37.1 Å². The lowest BCUT2D eigenvalue weighted by Gasteiger charge is -2.01. The number of hydrogen-bond acceptors (Lipinski definition) is 4. The van der Waals surface area contributed by atoms with E-state index in [0.29, 0.717) is 5.69 Å². The molecule has 0 fully saturated rings. The number of aromatic amines is 2. The van der Waals surface area contributed by atoms with Gasteiger partial charge in [-0.05, 0) is 6.07 Å². The fourth-order valence-corrected chi connectivity index (χ4v) is 1.27. The topological polar surface area (TPSA) is 124 Å². The Morgan fingerprint density at radius 2 is 2.29 bits per heavy atom. The molecule has 0 saturated heterocycles. The lowest BCUT2D eigenvalue weighted by Crippen LogP contribution is -2.25. The van der Waals surface area contributed by atoms with E-state index in [4.69, 9.17) is 5.11 Å². The number of H-pyrrole nitrogens is 2. The van der Waals surface area contributed by atoms with Crippen LogP contribution in [0.15, 0.2) is 18.6 Å². The summed E-state index contributed by atoms with van der Waals surface area (Å²) >= 11 is 0. The minimum Gasteiger partial charge on any atom is -0.477 e. The summed E-state index contributed by atoms with van der Waals surface area (Å²) < 4.78 is 0. The third kappa shape index (κ3) is 2.30. The van der Waals surface area contributed by atoms with Crippen molar-refractivity contribution in [2.45, 2.75) is 6.54 Å². The molecule has 8 nitrogen and oxygen atoms in total. The van der Waals surface area contributed by atoms with Gasteiger partial charge < -0.3 is 15.4 Å². The van der Waals surface area contributed by atoms with E-state index in [0.717, 1.165) is 6.33 Å². The summed E-state index contributed by atoms with van der Waals surface area (Å²) in [5.74, 6) is -1.78. The van der Waals surface area contributed by atoms with Gasteiger partial charge in [-0.2, -0.15) is 5.10 Å². The summed E-state index contributed by atoms with van der Waals surface area (Å²) in [6.45, 7) is 0.227. The van der Waals surface area contributed by atoms with Crippen molar-refractivity contribution in [2.24, 2.45) is 0 Å². The van der Waals surface area contributed by atoms with Gasteiger partial charge in [-0.25, -0.2) is 9.78 Å². The number of rotatable bonds is 4. The van der Waals surface area contributed by atoms with Gasteiger partial charge in [-0.15, -0.1) is 0 Å². The van der Waals surface area contributed by atoms with E-state index in [2.05, 4.69) is 25.5 Å². The highest BCUT2D eigenvalue weighted by Gasteiger charge is 2.19. The maximum atomic E-state index is 11.6. The Balaban J connectivity index is 2.04. The van der Waals surface area contributed by atoms with Gasteiger partial charge in [0.15, 0.2) is 11.4 Å². The summed E-state index contributed by atoms with van der Waals surface area (Å²) in [5, 5.41) is 17.7. The van der Waals surface area contributed by atoms with E-state index in [1.807, 2.05) is 0 Å². The zero-order valence-electron chi connectivity index (χ0n) is 8.60. The van der Waals surface area contributed by atoms with E-state index >= 15 is 0 Å². The van der Waals surface area contributed by atoms with Crippen LogP contribution in [0.25, 0.3) is 0 Å². The molecule has 0 radical (unpaired) electrons. The molecular formula is C9H9N5O3. The van der Waals surface area contributed by atoms with Crippen molar-refractivity contribution in [3.63, 3.8) is 0 Å². The molecule has 0 aromatic carbocycles. The van der Waals surface area contributed by atoms with Crippen molar-refractivity contribution < 1.29 is 14.7 Å². The molecule has 0 saturated carbocycles. The number of nitrogens with one attached hydrogen (secondary N) is 3. The molecule has 2 aromatic rings. The van der Waals surface area contributed by atoms with Crippen LogP contribution in [0.4, 0.5) is 0 Å². The minimum absolute atomic E-state index is 0.142. The molecule has 1 amide bonds. The van der Waals surface area contributed by atoms with Gasteiger partial charge in [0.2, 0.25) is 0 Å². The lowest BCUT2D eigenvalue weighted by molar-refractivity contribution is 0.0685. The Labute approximate surface area is 95.1 Å². The van der Waals surface area contributed by atoms with Crippen molar-refractivity contribution in [1.82, 2.24) is 25.5 Å². The molecule has 2 heterocycles. The predicted molar refractivity (Wildman–Crippen MR) is 55.3 cm³/mol. The van der Waals surface area contributed by atoms with E-state index in [1.165, 1.54) is 0 Å². The number of carboxylic acids is 1. The van der Waals surface area contributed by atoms with Crippen molar-refractivity contribution in [1.29, 1.82) is 0 Å². The van der Waals surface area contributed by atoms with E-state index in [1.54, 1.807) is 12.3 Å². The first-order chi connectivity index (χ1) is 8.18. The molecule has 17 heavy (non-hydrogen) atoms. The van der Waals surface area contributed by atoms with Gasteiger partial charge in [-0.1, -0.05) is 0 Å². The Hall–Kier alpha value is -2.64. The molecule has 0 spiro atoms. The van der Waals surface area contributed by atoms with Crippen LogP contribution in [0.3, 0.4) is 0 Å². The number of nitrogens with zero attached hydrogens (tertiary/aromatic N) is 2. The number of aromatic nitrogens is 4. The van der Waals surface area contributed by atoms with Crippen LogP contribution in [0, 0.1) is 0 Å².